The third-order valence-electron chi connectivity index (χ3n) is 2.94. The highest BCUT2D eigenvalue weighted by Crippen LogP contribution is 2.10. The fraction of sp³-hybridized carbons (Fsp3) is 0.357. The highest BCUT2D eigenvalue weighted by molar-refractivity contribution is 5.81. The zero-order chi connectivity index (χ0) is 15.2. The molecule has 7 heteroatoms. The smallest absolute Gasteiger partial charge is 0.237 e. The van der Waals surface area contributed by atoms with Gasteiger partial charge in [0.05, 0.1) is 6.04 Å². The summed E-state index contributed by atoms with van der Waals surface area (Å²) in [6.45, 7) is 2.13. The predicted octanol–water partition coefficient (Wildman–Crippen LogP) is 0.312. The normalized spacial score (nSPS) is 12.1. The Morgan fingerprint density at radius 2 is 2.14 bits per heavy atom. The Labute approximate surface area is 122 Å². The lowest BCUT2D eigenvalue weighted by Crippen LogP contribution is -2.42. The molecule has 0 spiro atoms. The van der Waals surface area contributed by atoms with E-state index in [-0.39, 0.29) is 11.7 Å². The van der Waals surface area contributed by atoms with Crippen LogP contribution in [-0.2, 0) is 17.6 Å². The van der Waals surface area contributed by atoms with Gasteiger partial charge in [0.1, 0.15) is 5.75 Å². The van der Waals surface area contributed by atoms with Crippen molar-refractivity contribution in [3.05, 3.63) is 41.5 Å². The molecule has 2 rings (SSSR count). The summed E-state index contributed by atoms with van der Waals surface area (Å²) in [6.07, 6.45) is 0.879. The largest absolute Gasteiger partial charge is 0.508 e. The molecule has 0 bridgehead atoms. The van der Waals surface area contributed by atoms with E-state index in [1.807, 2.05) is 0 Å². The molecule has 0 saturated carbocycles. The van der Waals surface area contributed by atoms with Crippen molar-refractivity contribution in [2.45, 2.75) is 25.8 Å². The minimum absolute atomic E-state index is 0.187. The average molecular weight is 290 g/mol. The van der Waals surface area contributed by atoms with E-state index in [0.717, 1.165) is 5.56 Å². The van der Waals surface area contributed by atoms with Crippen LogP contribution in [0.5, 0.6) is 5.75 Å². The van der Waals surface area contributed by atoms with E-state index in [1.54, 1.807) is 31.2 Å². The molecule has 0 aliphatic rings. The lowest BCUT2D eigenvalue weighted by Gasteiger charge is -2.11. The van der Waals surface area contributed by atoms with E-state index in [2.05, 4.69) is 15.5 Å². The number of amides is 1. The van der Waals surface area contributed by atoms with E-state index in [1.165, 1.54) is 0 Å². The Balaban J connectivity index is 1.75. The maximum Gasteiger partial charge on any atom is 0.237 e. The zero-order valence-corrected chi connectivity index (χ0v) is 11.7. The summed E-state index contributed by atoms with van der Waals surface area (Å²) in [7, 11) is 0. The molecule has 0 aliphatic carbocycles. The summed E-state index contributed by atoms with van der Waals surface area (Å²) in [6, 6.07) is 5.97. The van der Waals surface area contributed by atoms with Crippen LogP contribution in [0.1, 0.15) is 17.3 Å². The molecule has 1 amide bonds. The molecular formula is C14H18N4O3. The summed E-state index contributed by atoms with van der Waals surface area (Å²) in [5.41, 5.74) is 6.74. The number of aryl methyl sites for hydroxylation is 1. The molecule has 0 saturated heterocycles. The van der Waals surface area contributed by atoms with Crippen molar-refractivity contribution < 1.29 is 14.4 Å². The number of nitrogens with two attached hydrogens (primary N) is 1. The number of hydrogen-bond donors (Lipinski definition) is 3. The highest BCUT2D eigenvalue weighted by Gasteiger charge is 2.14. The van der Waals surface area contributed by atoms with Gasteiger partial charge in [0, 0.05) is 13.0 Å². The Morgan fingerprint density at radius 1 is 1.43 bits per heavy atom. The SMILES string of the molecule is Cc1noc(CCNC(=O)[C@@H](N)Cc2ccc(O)cc2)n1. The summed E-state index contributed by atoms with van der Waals surface area (Å²) in [4.78, 5) is 15.9. The molecule has 1 aromatic heterocycles. The second-order valence-electron chi connectivity index (χ2n) is 4.75. The van der Waals surface area contributed by atoms with Gasteiger partial charge in [-0.3, -0.25) is 4.79 Å². The lowest BCUT2D eigenvalue weighted by molar-refractivity contribution is -0.122. The number of carbonyl (C=O) groups excluding carboxylic acids is 1. The van der Waals surface area contributed by atoms with Crippen LogP contribution in [0.25, 0.3) is 0 Å². The van der Waals surface area contributed by atoms with Crippen molar-refractivity contribution in [3.8, 4) is 5.75 Å². The maximum absolute atomic E-state index is 11.9. The van der Waals surface area contributed by atoms with Crippen LogP contribution < -0.4 is 11.1 Å². The van der Waals surface area contributed by atoms with Gasteiger partial charge in [-0.05, 0) is 31.0 Å². The predicted molar refractivity (Wildman–Crippen MR) is 75.5 cm³/mol. The Morgan fingerprint density at radius 3 is 2.76 bits per heavy atom. The Bertz CT molecular complexity index is 595. The number of rotatable bonds is 6. The second-order valence-corrected chi connectivity index (χ2v) is 4.75. The van der Waals surface area contributed by atoms with Gasteiger partial charge in [0.2, 0.25) is 11.8 Å². The minimum Gasteiger partial charge on any atom is -0.508 e. The van der Waals surface area contributed by atoms with Gasteiger partial charge < -0.3 is 20.7 Å². The molecule has 0 aliphatic heterocycles. The molecule has 7 nitrogen and oxygen atoms in total. The van der Waals surface area contributed by atoms with Gasteiger partial charge in [-0.1, -0.05) is 17.3 Å². The molecule has 112 valence electrons. The molecule has 21 heavy (non-hydrogen) atoms. The molecule has 2 aromatic rings. The van der Waals surface area contributed by atoms with Crippen LogP contribution in [0, 0.1) is 6.92 Å². The van der Waals surface area contributed by atoms with Crippen LogP contribution in [0.3, 0.4) is 0 Å². The van der Waals surface area contributed by atoms with Crippen LogP contribution in [0.2, 0.25) is 0 Å². The van der Waals surface area contributed by atoms with Crippen LogP contribution >= 0.6 is 0 Å². The number of aromatic hydroxyl groups is 1. The van der Waals surface area contributed by atoms with Crippen molar-refractivity contribution in [1.29, 1.82) is 0 Å². The monoisotopic (exact) mass is 290 g/mol. The van der Waals surface area contributed by atoms with Gasteiger partial charge in [-0.25, -0.2) is 0 Å². The summed E-state index contributed by atoms with van der Waals surface area (Å²) >= 11 is 0. The summed E-state index contributed by atoms with van der Waals surface area (Å²) < 4.78 is 4.95. The van der Waals surface area contributed by atoms with Crippen molar-refractivity contribution in [3.63, 3.8) is 0 Å². The number of phenolic OH excluding ortho intramolecular Hbond substituents is 1. The topological polar surface area (TPSA) is 114 Å². The standard InChI is InChI=1S/C14H18N4O3/c1-9-17-13(21-18-9)6-7-16-14(20)12(15)8-10-2-4-11(19)5-3-10/h2-5,12,19H,6-8,15H2,1H3,(H,16,20)/t12-/m0/s1. The third-order valence-corrected chi connectivity index (χ3v) is 2.94. The zero-order valence-electron chi connectivity index (χ0n) is 11.7. The number of nitrogens with zero attached hydrogens (tertiary/aromatic N) is 2. The van der Waals surface area contributed by atoms with Gasteiger partial charge in [-0.15, -0.1) is 0 Å². The Hall–Kier alpha value is -2.41. The molecule has 1 atom stereocenters. The number of aromatic nitrogens is 2. The van der Waals surface area contributed by atoms with Gasteiger partial charge >= 0.3 is 0 Å². The van der Waals surface area contributed by atoms with Gasteiger partial charge in [-0.2, -0.15) is 4.98 Å². The first kappa shape index (κ1) is 15.0. The lowest BCUT2D eigenvalue weighted by atomic mass is 10.1. The van der Waals surface area contributed by atoms with Crippen LogP contribution in [-0.4, -0.2) is 33.7 Å². The van der Waals surface area contributed by atoms with Crippen molar-refractivity contribution in [1.82, 2.24) is 15.5 Å². The third kappa shape index (κ3) is 4.57. The number of phenols is 1. The second kappa shape index (κ2) is 6.85. The van der Waals surface area contributed by atoms with Crippen molar-refractivity contribution in [2.75, 3.05) is 6.54 Å². The molecular weight excluding hydrogens is 272 g/mol. The minimum atomic E-state index is -0.640. The van der Waals surface area contributed by atoms with Crippen molar-refractivity contribution in [2.24, 2.45) is 5.73 Å². The van der Waals surface area contributed by atoms with Crippen LogP contribution in [0.4, 0.5) is 0 Å². The van der Waals surface area contributed by atoms with E-state index in [4.69, 9.17) is 10.3 Å². The fourth-order valence-corrected chi connectivity index (χ4v) is 1.84. The molecule has 1 heterocycles. The van der Waals surface area contributed by atoms with Gasteiger partial charge in [0.15, 0.2) is 5.82 Å². The van der Waals surface area contributed by atoms with E-state index in [0.29, 0.717) is 31.1 Å². The van der Waals surface area contributed by atoms with E-state index in [9.17, 15) is 9.90 Å². The summed E-state index contributed by atoms with van der Waals surface area (Å²) in [5, 5.41) is 15.6. The van der Waals surface area contributed by atoms with Crippen molar-refractivity contribution >= 4 is 5.91 Å². The molecule has 0 unspecified atom stereocenters. The fourth-order valence-electron chi connectivity index (χ4n) is 1.84. The average Bonchev–Trinajstić information content (AvgIpc) is 2.87. The number of hydrogen-bond acceptors (Lipinski definition) is 6. The number of benzene rings is 1. The van der Waals surface area contributed by atoms with Crippen LogP contribution in [0.15, 0.2) is 28.8 Å². The first-order valence-electron chi connectivity index (χ1n) is 6.65. The molecule has 1 aromatic carbocycles. The highest BCUT2D eigenvalue weighted by atomic mass is 16.5. The van der Waals surface area contributed by atoms with E-state index >= 15 is 0 Å². The first-order valence-corrected chi connectivity index (χ1v) is 6.65. The quantitative estimate of drug-likeness (QED) is 0.705. The summed E-state index contributed by atoms with van der Waals surface area (Å²) in [5.74, 6) is 1.01. The van der Waals surface area contributed by atoms with Gasteiger partial charge in [0.25, 0.3) is 0 Å². The first-order chi connectivity index (χ1) is 10.0. The number of carbonyl (C=O) groups is 1. The molecule has 0 radical (unpaired) electrons. The Kier molecular flexibility index (Phi) is 4.89. The molecule has 0 fully saturated rings. The maximum atomic E-state index is 11.9. The van der Waals surface area contributed by atoms with E-state index < -0.39 is 6.04 Å². The number of nitrogens with one attached hydrogen (secondary N) is 1. The molecule has 4 N–H and O–H groups in total.